The van der Waals surface area contributed by atoms with E-state index in [1.807, 2.05) is 0 Å². The molecule has 1 fully saturated rings. The Hall–Kier alpha value is -0.390. The molecule has 1 saturated heterocycles. The van der Waals surface area contributed by atoms with Gasteiger partial charge >= 0.3 is 0 Å². The molecule has 1 heterocycles. The second kappa shape index (κ2) is 7.41. The molecule has 1 aromatic carbocycles. The van der Waals surface area contributed by atoms with E-state index < -0.39 is 10.8 Å². The van der Waals surface area contributed by atoms with Crippen LogP contribution in [-0.2, 0) is 17.3 Å². The monoisotopic (exact) mass is 344 g/mol. The van der Waals surface area contributed by atoms with E-state index in [1.54, 1.807) is 0 Å². The summed E-state index contributed by atoms with van der Waals surface area (Å²) in [4.78, 5) is 2.36. The quantitative estimate of drug-likeness (QED) is 0.833. The molecule has 0 aromatic heterocycles. The molecule has 2 rings (SSSR count). The van der Waals surface area contributed by atoms with E-state index in [0.717, 1.165) is 48.6 Å². The van der Waals surface area contributed by atoms with Crippen molar-refractivity contribution in [3.8, 4) is 0 Å². The summed E-state index contributed by atoms with van der Waals surface area (Å²) >= 11 is 3.55. The molecule has 3 nitrogen and oxygen atoms in total. The van der Waals surface area contributed by atoms with Gasteiger partial charge in [0.1, 0.15) is 0 Å². The summed E-state index contributed by atoms with van der Waals surface area (Å²) in [6.07, 6.45) is 1.15. The Bertz CT molecular complexity index is 443. The maximum atomic E-state index is 11.5. The Kier molecular flexibility index (Phi) is 5.85. The number of benzene rings is 1. The van der Waals surface area contributed by atoms with E-state index in [1.165, 1.54) is 11.3 Å². The van der Waals surface area contributed by atoms with Gasteiger partial charge in [-0.3, -0.25) is 4.21 Å². The van der Waals surface area contributed by atoms with Crippen LogP contribution in [0, 0.1) is 0 Å². The molecule has 5 heteroatoms. The number of halogens is 1. The van der Waals surface area contributed by atoms with E-state index in [9.17, 15) is 4.21 Å². The standard InChI is InChI=1S/C14H21BrN2OS/c1-2-5-16-11-12-3-4-13(15)10-14(12)17-6-8-19(18)9-7-17/h3-4,10,16H,2,5-9,11H2,1H3. The summed E-state index contributed by atoms with van der Waals surface area (Å²) in [6, 6.07) is 6.44. The number of hydrogen-bond donors (Lipinski definition) is 1. The molecular weight excluding hydrogens is 324 g/mol. The normalized spacial score (nSPS) is 16.8. The van der Waals surface area contributed by atoms with Crippen LogP contribution >= 0.6 is 15.9 Å². The van der Waals surface area contributed by atoms with Crippen LogP contribution in [0.3, 0.4) is 0 Å². The number of rotatable bonds is 5. The summed E-state index contributed by atoms with van der Waals surface area (Å²) in [7, 11) is -0.622. The maximum Gasteiger partial charge on any atom is 0.0423 e. The molecule has 0 spiro atoms. The fraction of sp³-hybridized carbons (Fsp3) is 0.571. The van der Waals surface area contributed by atoms with Crippen LogP contribution in [0.2, 0.25) is 0 Å². The minimum Gasteiger partial charge on any atom is -0.369 e. The van der Waals surface area contributed by atoms with Crippen LogP contribution < -0.4 is 10.2 Å². The molecule has 0 radical (unpaired) electrons. The van der Waals surface area contributed by atoms with E-state index >= 15 is 0 Å². The van der Waals surface area contributed by atoms with Gasteiger partial charge in [0.05, 0.1) is 0 Å². The number of anilines is 1. The molecule has 1 aliphatic rings. The Morgan fingerprint density at radius 3 is 2.79 bits per heavy atom. The molecule has 106 valence electrons. The second-order valence-corrected chi connectivity index (χ2v) is 7.40. The molecule has 0 bridgehead atoms. The van der Waals surface area contributed by atoms with E-state index in [-0.39, 0.29) is 0 Å². The number of hydrogen-bond acceptors (Lipinski definition) is 3. The molecular formula is C14H21BrN2OS. The maximum absolute atomic E-state index is 11.5. The zero-order valence-corrected chi connectivity index (χ0v) is 13.7. The molecule has 1 N–H and O–H groups in total. The fourth-order valence-corrected chi connectivity index (χ4v) is 3.66. The predicted molar refractivity (Wildman–Crippen MR) is 86.2 cm³/mol. The van der Waals surface area contributed by atoms with Gasteiger partial charge in [-0.2, -0.15) is 0 Å². The van der Waals surface area contributed by atoms with Crippen molar-refractivity contribution in [3.63, 3.8) is 0 Å². The highest BCUT2D eigenvalue weighted by atomic mass is 79.9. The first kappa shape index (κ1) is 15.0. The van der Waals surface area contributed by atoms with Gasteiger partial charge in [0.15, 0.2) is 0 Å². The topological polar surface area (TPSA) is 32.3 Å². The lowest BCUT2D eigenvalue weighted by Crippen LogP contribution is -2.38. The Balaban J connectivity index is 2.12. The van der Waals surface area contributed by atoms with Crippen molar-refractivity contribution in [2.24, 2.45) is 0 Å². The highest BCUT2D eigenvalue weighted by molar-refractivity contribution is 9.10. The van der Waals surface area contributed by atoms with Crippen LogP contribution in [0.4, 0.5) is 5.69 Å². The van der Waals surface area contributed by atoms with Gasteiger partial charge in [0.2, 0.25) is 0 Å². The third-order valence-electron chi connectivity index (χ3n) is 3.31. The molecule has 0 amide bonds. The molecule has 0 saturated carbocycles. The van der Waals surface area contributed by atoms with Crippen molar-refractivity contribution in [1.29, 1.82) is 0 Å². The largest absolute Gasteiger partial charge is 0.369 e. The first-order chi connectivity index (χ1) is 9.20. The van der Waals surface area contributed by atoms with E-state index in [2.05, 4.69) is 51.3 Å². The highest BCUT2D eigenvalue weighted by Gasteiger charge is 2.18. The number of nitrogens with one attached hydrogen (secondary N) is 1. The van der Waals surface area contributed by atoms with Crippen molar-refractivity contribution in [2.75, 3.05) is 36.0 Å². The molecule has 1 aliphatic heterocycles. The molecule has 0 aliphatic carbocycles. The van der Waals surface area contributed by atoms with Crippen LogP contribution in [0.15, 0.2) is 22.7 Å². The minimum atomic E-state index is -0.622. The Morgan fingerprint density at radius 2 is 2.11 bits per heavy atom. The van der Waals surface area contributed by atoms with Gasteiger partial charge in [-0.25, -0.2) is 0 Å². The Morgan fingerprint density at radius 1 is 1.37 bits per heavy atom. The van der Waals surface area contributed by atoms with Gasteiger partial charge in [-0.05, 0) is 30.7 Å². The van der Waals surface area contributed by atoms with Crippen LogP contribution in [-0.4, -0.2) is 35.3 Å². The first-order valence-corrected chi connectivity index (χ1v) is 9.08. The summed E-state index contributed by atoms with van der Waals surface area (Å²) in [5, 5.41) is 3.46. The first-order valence-electron chi connectivity index (χ1n) is 6.79. The zero-order valence-electron chi connectivity index (χ0n) is 11.3. The molecule has 1 aromatic rings. The van der Waals surface area contributed by atoms with Crippen molar-refractivity contribution >= 4 is 32.4 Å². The average molecular weight is 345 g/mol. The molecule has 19 heavy (non-hydrogen) atoms. The predicted octanol–water partition coefficient (Wildman–Crippen LogP) is 2.52. The zero-order chi connectivity index (χ0) is 13.7. The van der Waals surface area contributed by atoms with E-state index in [0.29, 0.717) is 0 Å². The SMILES string of the molecule is CCCNCc1ccc(Br)cc1N1CCS(=O)CC1. The lowest BCUT2D eigenvalue weighted by atomic mass is 10.1. The minimum absolute atomic E-state index is 0.622. The summed E-state index contributed by atoms with van der Waals surface area (Å²) in [6.45, 7) is 5.90. The van der Waals surface area contributed by atoms with Crippen molar-refractivity contribution in [1.82, 2.24) is 5.32 Å². The molecule has 0 atom stereocenters. The summed E-state index contributed by atoms with van der Waals surface area (Å²) < 4.78 is 12.6. The fourth-order valence-electron chi connectivity index (χ4n) is 2.26. The van der Waals surface area contributed by atoms with Crippen molar-refractivity contribution in [3.05, 3.63) is 28.2 Å². The van der Waals surface area contributed by atoms with Gasteiger partial charge in [-0.15, -0.1) is 0 Å². The van der Waals surface area contributed by atoms with E-state index in [4.69, 9.17) is 0 Å². The van der Waals surface area contributed by atoms with Crippen molar-refractivity contribution in [2.45, 2.75) is 19.9 Å². The smallest absolute Gasteiger partial charge is 0.0423 e. The molecule has 0 unspecified atom stereocenters. The number of nitrogens with zero attached hydrogens (tertiary/aromatic N) is 1. The van der Waals surface area contributed by atoms with Gasteiger partial charge in [0.25, 0.3) is 0 Å². The summed E-state index contributed by atoms with van der Waals surface area (Å²) in [5.74, 6) is 1.57. The third kappa shape index (κ3) is 4.29. The highest BCUT2D eigenvalue weighted by Crippen LogP contribution is 2.26. The average Bonchev–Trinajstić information content (AvgIpc) is 2.41. The van der Waals surface area contributed by atoms with Crippen LogP contribution in [0.5, 0.6) is 0 Å². The van der Waals surface area contributed by atoms with Gasteiger partial charge in [0, 0.05) is 52.1 Å². The van der Waals surface area contributed by atoms with Gasteiger partial charge in [-0.1, -0.05) is 28.9 Å². The van der Waals surface area contributed by atoms with Crippen LogP contribution in [0.25, 0.3) is 0 Å². The lowest BCUT2D eigenvalue weighted by molar-refractivity contribution is 0.665. The second-order valence-electron chi connectivity index (χ2n) is 4.78. The Labute approximate surface area is 126 Å². The third-order valence-corrected chi connectivity index (χ3v) is 5.08. The van der Waals surface area contributed by atoms with Gasteiger partial charge < -0.3 is 10.2 Å². The van der Waals surface area contributed by atoms with Crippen LogP contribution in [0.1, 0.15) is 18.9 Å². The lowest BCUT2D eigenvalue weighted by Gasteiger charge is -2.30. The van der Waals surface area contributed by atoms with Crippen molar-refractivity contribution < 1.29 is 4.21 Å². The summed E-state index contributed by atoms with van der Waals surface area (Å²) in [5.41, 5.74) is 2.60.